The highest BCUT2D eigenvalue weighted by atomic mass is 16.5. The standard InChI is InChI=1S/C13H22N4O/c1-17(2)13-15-9-8-12(16-13)18-11-7-5-3-4-6-10(11)14/h8-11H,3-7,14H2,1-2H3. The Balaban J connectivity index is 2.05. The number of anilines is 1. The monoisotopic (exact) mass is 250 g/mol. The minimum atomic E-state index is 0.0809. The van der Waals surface area contributed by atoms with Crippen molar-refractivity contribution < 1.29 is 4.74 Å². The molecule has 100 valence electrons. The minimum absolute atomic E-state index is 0.0809. The van der Waals surface area contributed by atoms with Gasteiger partial charge in [-0.15, -0.1) is 0 Å². The molecule has 0 aliphatic heterocycles. The summed E-state index contributed by atoms with van der Waals surface area (Å²) in [5.74, 6) is 1.28. The van der Waals surface area contributed by atoms with Gasteiger partial charge in [0.2, 0.25) is 11.8 Å². The number of nitrogens with two attached hydrogens (primary N) is 1. The Bertz CT molecular complexity index is 383. The predicted octanol–water partition coefficient (Wildman–Crippen LogP) is 1.58. The highest BCUT2D eigenvalue weighted by molar-refractivity contribution is 5.29. The lowest BCUT2D eigenvalue weighted by Crippen LogP contribution is -2.38. The summed E-state index contributed by atoms with van der Waals surface area (Å²) in [6.07, 6.45) is 7.49. The maximum absolute atomic E-state index is 6.15. The second-order valence-electron chi connectivity index (χ2n) is 5.05. The van der Waals surface area contributed by atoms with Gasteiger partial charge in [-0.3, -0.25) is 0 Å². The Labute approximate surface area is 108 Å². The lowest BCUT2D eigenvalue weighted by molar-refractivity contribution is 0.156. The maximum atomic E-state index is 6.15. The minimum Gasteiger partial charge on any atom is -0.473 e. The van der Waals surface area contributed by atoms with E-state index in [1.165, 1.54) is 19.3 Å². The molecule has 2 atom stereocenters. The van der Waals surface area contributed by atoms with Gasteiger partial charge in [0, 0.05) is 32.4 Å². The molecule has 1 aromatic heterocycles. The molecule has 0 saturated heterocycles. The van der Waals surface area contributed by atoms with Gasteiger partial charge in [0.25, 0.3) is 0 Å². The van der Waals surface area contributed by atoms with Crippen LogP contribution in [0.2, 0.25) is 0 Å². The first-order chi connectivity index (χ1) is 8.66. The van der Waals surface area contributed by atoms with E-state index in [2.05, 4.69) is 9.97 Å². The summed E-state index contributed by atoms with van der Waals surface area (Å²) in [4.78, 5) is 10.4. The lowest BCUT2D eigenvalue weighted by Gasteiger charge is -2.22. The van der Waals surface area contributed by atoms with Crippen molar-refractivity contribution in [2.45, 2.75) is 44.2 Å². The molecule has 1 saturated carbocycles. The number of hydrogen-bond donors (Lipinski definition) is 1. The fraction of sp³-hybridized carbons (Fsp3) is 0.692. The molecule has 1 aliphatic carbocycles. The van der Waals surface area contributed by atoms with E-state index in [0.717, 1.165) is 12.8 Å². The first-order valence-corrected chi connectivity index (χ1v) is 6.59. The average Bonchev–Trinajstić information content (AvgIpc) is 2.55. The van der Waals surface area contributed by atoms with E-state index in [0.29, 0.717) is 11.8 Å². The molecule has 2 unspecified atom stereocenters. The quantitative estimate of drug-likeness (QED) is 0.825. The molecular formula is C13H22N4O. The highest BCUT2D eigenvalue weighted by Crippen LogP contribution is 2.21. The highest BCUT2D eigenvalue weighted by Gasteiger charge is 2.22. The number of nitrogens with zero attached hydrogens (tertiary/aromatic N) is 3. The zero-order valence-corrected chi connectivity index (χ0v) is 11.2. The van der Waals surface area contributed by atoms with E-state index < -0.39 is 0 Å². The topological polar surface area (TPSA) is 64.3 Å². The number of ether oxygens (including phenoxy) is 1. The third kappa shape index (κ3) is 3.32. The van der Waals surface area contributed by atoms with Gasteiger partial charge >= 0.3 is 0 Å². The van der Waals surface area contributed by atoms with Gasteiger partial charge in [-0.2, -0.15) is 4.98 Å². The molecule has 1 heterocycles. The summed E-state index contributed by atoms with van der Waals surface area (Å²) in [5.41, 5.74) is 6.15. The largest absolute Gasteiger partial charge is 0.473 e. The Morgan fingerprint density at radius 1 is 1.28 bits per heavy atom. The molecule has 18 heavy (non-hydrogen) atoms. The van der Waals surface area contributed by atoms with E-state index in [4.69, 9.17) is 10.5 Å². The van der Waals surface area contributed by atoms with E-state index in [9.17, 15) is 0 Å². The van der Waals surface area contributed by atoms with Crippen LogP contribution in [0, 0.1) is 0 Å². The van der Waals surface area contributed by atoms with Crippen LogP contribution in [0.15, 0.2) is 12.3 Å². The molecule has 5 heteroatoms. The van der Waals surface area contributed by atoms with Crippen molar-refractivity contribution in [2.24, 2.45) is 5.73 Å². The molecule has 0 bridgehead atoms. The molecule has 2 rings (SSSR count). The Morgan fingerprint density at radius 3 is 2.83 bits per heavy atom. The van der Waals surface area contributed by atoms with Crippen LogP contribution >= 0.6 is 0 Å². The van der Waals surface area contributed by atoms with Crippen molar-refractivity contribution in [2.75, 3.05) is 19.0 Å². The first kappa shape index (κ1) is 13.1. The molecule has 1 fully saturated rings. The molecular weight excluding hydrogens is 228 g/mol. The van der Waals surface area contributed by atoms with Crippen LogP contribution in [0.1, 0.15) is 32.1 Å². The molecule has 1 aromatic rings. The van der Waals surface area contributed by atoms with E-state index in [-0.39, 0.29) is 12.1 Å². The van der Waals surface area contributed by atoms with Crippen LogP contribution in [0.5, 0.6) is 5.88 Å². The van der Waals surface area contributed by atoms with Gasteiger partial charge in [-0.1, -0.05) is 12.8 Å². The summed E-state index contributed by atoms with van der Waals surface area (Å²) in [7, 11) is 3.83. The van der Waals surface area contributed by atoms with Gasteiger partial charge in [0.1, 0.15) is 6.10 Å². The predicted molar refractivity (Wildman–Crippen MR) is 71.8 cm³/mol. The van der Waals surface area contributed by atoms with Gasteiger partial charge in [-0.05, 0) is 19.3 Å². The molecule has 1 aliphatic rings. The second-order valence-corrected chi connectivity index (χ2v) is 5.05. The van der Waals surface area contributed by atoms with Crippen LogP contribution in [0.4, 0.5) is 5.95 Å². The normalized spacial score (nSPS) is 24.4. The van der Waals surface area contributed by atoms with Crippen LogP contribution < -0.4 is 15.4 Å². The molecule has 0 aromatic carbocycles. The van der Waals surface area contributed by atoms with Crippen molar-refractivity contribution in [3.63, 3.8) is 0 Å². The van der Waals surface area contributed by atoms with Gasteiger partial charge in [0.05, 0.1) is 0 Å². The zero-order chi connectivity index (χ0) is 13.0. The van der Waals surface area contributed by atoms with Crippen molar-refractivity contribution in [1.29, 1.82) is 0 Å². The molecule has 2 N–H and O–H groups in total. The molecule has 0 amide bonds. The summed E-state index contributed by atoms with van der Waals surface area (Å²) < 4.78 is 5.94. The van der Waals surface area contributed by atoms with Crippen molar-refractivity contribution in [1.82, 2.24) is 9.97 Å². The molecule has 0 radical (unpaired) electrons. The van der Waals surface area contributed by atoms with Crippen LogP contribution in [-0.2, 0) is 0 Å². The molecule has 0 spiro atoms. The second kappa shape index (κ2) is 6.00. The first-order valence-electron chi connectivity index (χ1n) is 6.59. The Kier molecular flexibility index (Phi) is 4.36. The van der Waals surface area contributed by atoms with E-state index in [1.54, 1.807) is 12.3 Å². The lowest BCUT2D eigenvalue weighted by atomic mass is 10.1. The molecule has 5 nitrogen and oxygen atoms in total. The van der Waals surface area contributed by atoms with Crippen molar-refractivity contribution in [3.05, 3.63) is 12.3 Å². The Hall–Kier alpha value is -1.36. The van der Waals surface area contributed by atoms with E-state index >= 15 is 0 Å². The van der Waals surface area contributed by atoms with Crippen LogP contribution in [0.3, 0.4) is 0 Å². The SMILES string of the molecule is CN(C)c1nccc(OC2CCCCCC2N)n1. The van der Waals surface area contributed by atoms with Gasteiger partial charge in [-0.25, -0.2) is 4.98 Å². The Morgan fingerprint density at radius 2 is 2.06 bits per heavy atom. The zero-order valence-electron chi connectivity index (χ0n) is 11.2. The van der Waals surface area contributed by atoms with E-state index in [1.807, 2.05) is 19.0 Å². The fourth-order valence-corrected chi connectivity index (χ4v) is 2.22. The van der Waals surface area contributed by atoms with Crippen LogP contribution in [-0.4, -0.2) is 36.2 Å². The fourth-order valence-electron chi connectivity index (χ4n) is 2.22. The number of hydrogen-bond acceptors (Lipinski definition) is 5. The smallest absolute Gasteiger partial charge is 0.228 e. The van der Waals surface area contributed by atoms with Gasteiger partial charge < -0.3 is 15.4 Å². The summed E-state index contributed by atoms with van der Waals surface area (Å²) in [5, 5.41) is 0. The summed E-state index contributed by atoms with van der Waals surface area (Å²) in [6.45, 7) is 0. The van der Waals surface area contributed by atoms with Crippen LogP contribution in [0.25, 0.3) is 0 Å². The average molecular weight is 250 g/mol. The number of aromatic nitrogens is 2. The van der Waals surface area contributed by atoms with Crippen molar-refractivity contribution in [3.8, 4) is 5.88 Å². The van der Waals surface area contributed by atoms with Gasteiger partial charge in [0.15, 0.2) is 0 Å². The third-order valence-electron chi connectivity index (χ3n) is 3.29. The van der Waals surface area contributed by atoms with Crippen molar-refractivity contribution >= 4 is 5.95 Å². The maximum Gasteiger partial charge on any atom is 0.228 e. The summed E-state index contributed by atoms with van der Waals surface area (Å²) in [6, 6.07) is 1.91. The third-order valence-corrected chi connectivity index (χ3v) is 3.29. The number of rotatable bonds is 3. The summed E-state index contributed by atoms with van der Waals surface area (Å²) >= 11 is 0.